The number of benzene rings is 3. The third-order valence-electron chi connectivity index (χ3n) is 6.53. The molecule has 4 aromatic rings. The predicted octanol–water partition coefficient (Wildman–Crippen LogP) is 7.30. The van der Waals surface area contributed by atoms with E-state index < -0.39 is 0 Å². The van der Waals surface area contributed by atoms with Gasteiger partial charge in [0, 0.05) is 32.3 Å². The van der Waals surface area contributed by atoms with Gasteiger partial charge in [0.2, 0.25) is 5.91 Å². The minimum atomic E-state index is -0.254. The van der Waals surface area contributed by atoms with Gasteiger partial charge in [-0.15, -0.1) is 11.6 Å². The number of carbonyl (C=O) groups is 2. The molecule has 0 saturated heterocycles. The molecule has 1 aromatic heterocycles. The maximum absolute atomic E-state index is 13.3. The lowest BCUT2D eigenvalue weighted by atomic mass is 9.99. The Balaban J connectivity index is 1.50. The average Bonchev–Trinajstić information content (AvgIpc) is 3.40. The number of hydrogen-bond donors (Lipinski definition) is 1. The summed E-state index contributed by atoms with van der Waals surface area (Å²) >= 11 is 8.19. The Morgan fingerprint density at radius 1 is 1.07 bits per heavy atom. The summed E-state index contributed by atoms with van der Waals surface area (Å²) in [4.78, 5) is 30.5. The van der Waals surface area contributed by atoms with Gasteiger partial charge in [-0.3, -0.25) is 9.59 Å². The van der Waals surface area contributed by atoms with Crippen molar-refractivity contribution in [2.75, 3.05) is 13.0 Å². The van der Waals surface area contributed by atoms with E-state index in [2.05, 4.69) is 32.9 Å². The van der Waals surface area contributed by atoms with Gasteiger partial charge in [-0.05, 0) is 103 Å². The number of nitrogens with zero attached hydrogens (tertiary/aromatic N) is 2. The molecule has 0 spiro atoms. The molecule has 40 heavy (non-hydrogen) atoms. The smallest absolute Gasteiger partial charge is 0.247 e. The van der Waals surface area contributed by atoms with Gasteiger partial charge in [0.1, 0.15) is 5.75 Å². The number of aromatic nitrogens is 2. The lowest BCUT2D eigenvalue weighted by Gasteiger charge is -2.17. The molecule has 6 nitrogen and oxygen atoms in total. The molecule has 1 atom stereocenters. The van der Waals surface area contributed by atoms with E-state index in [1.807, 2.05) is 85.3 Å². The SMILES string of the molecule is COc1cc(/C=C(\CCCCl)C(=O)NC(C)c2ccc(C(=O)c3ccc(I)cc3)cc2)ccc1-n1cnc(C)c1. The van der Waals surface area contributed by atoms with E-state index >= 15 is 0 Å². The molecular formula is C32H31ClIN3O3. The number of ether oxygens (including phenoxy) is 1. The number of methoxy groups -OCH3 is 1. The first-order valence-corrected chi connectivity index (χ1v) is 14.6. The van der Waals surface area contributed by atoms with E-state index in [0.29, 0.717) is 41.2 Å². The van der Waals surface area contributed by atoms with Gasteiger partial charge in [-0.2, -0.15) is 0 Å². The van der Waals surface area contributed by atoms with Crippen molar-refractivity contribution < 1.29 is 14.3 Å². The Kier molecular flexibility index (Phi) is 10.2. The number of imidazole rings is 1. The van der Waals surface area contributed by atoms with Gasteiger partial charge >= 0.3 is 0 Å². The summed E-state index contributed by atoms with van der Waals surface area (Å²) in [5.41, 5.74) is 5.42. The van der Waals surface area contributed by atoms with Gasteiger partial charge in [0.25, 0.3) is 0 Å². The van der Waals surface area contributed by atoms with E-state index in [0.717, 1.165) is 26.1 Å². The van der Waals surface area contributed by atoms with Crippen LogP contribution in [0.1, 0.15) is 58.5 Å². The second-order valence-electron chi connectivity index (χ2n) is 9.47. The number of amides is 1. The summed E-state index contributed by atoms with van der Waals surface area (Å²) < 4.78 is 8.62. The maximum Gasteiger partial charge on any atom is 0.247 e. The third-order valence-corrected chi connectivity index (χ3v) is 7.52. The molecule has 4 rings (SSSR count). The van der Waals surface area contributed by atoms with Crippen molar-refractivity contribution in [3.63, 3.8) is 0 Å². The molecule has 1 amide bonds. The lowest BCUT2D eigenvalue weighted by molar-refractivity contribution is -0.118. The number of alkyl halides is 1. The largest absolute Gasteiger partial charge is 0.495 e. The highest BCUT2D eigenvalue weighted by Gasteiger charge is 2.16. The zero-order chi connectivity index (χ0) is 28.6. The van der Waals surface area contributed by atoms with E-state index in [-0.39, 0.29) is 17.7 Å². The molecule has 206 valence electrons. The number of rotatable bonds is 11. The first-order chi connectivity index (χ1) is 19.3. The Morgan fingerprint density at radius 3 is 2.35 bits per heavy atom. The summed E-state index contributed by atoms with van der Waals surface area (Å²) in [5, 5.41) is 3.10. The van der Waals surface area contributed by atoms with Crippen LogP contribution in [0, 0.1) is 10.5 Å². The quantitative estimate of drug-likeness (QED) is 0.0789. The van der Waals surface area contributed by atoms with Gasteiger partial charge in [-0.1, -0.05) is 30.3 Å². The van der Waals surface area contributed by atoms with Gasteiger partial charge in [0.05, 0.1) is 30.9 Å². The first-order valence-electron chi connectivity index (χ1n) is 13.0. The summed E-state index contributed by atoms with van der Waals surface area (Å²) in [6, 6.07) is 20.4. The van der Waals surface area contributed by atoms with E-state index in [1.165, 1.54) is 0 Å². The molecule has 0 fully saturated rings. The van der Waals surface area contributed by atoms with Gasteiger partial charge < -0.3 is 14.6 Å². The van der Waals surface area contributed by atoms with Crippen LogP contribution in [0.15, 0.2) is 84.8 Å². The Bertz CT molecular complexity index is 1510. The van der Waals surface area contributed by atoms with Crippen LogP contribution in [0.25, 0.3) is 11.8 Å². The van der Waals surface area contributed by atoms with Crippen LogP contribution in [0.5, 0.6) is 5.75 Å². The van der Waals surface area contributed by atoms with Gasteiger partial charge in [0.15, 0.2) is 5.78 Å². The molecule has 1 heterocycles. The highest BCUT2D eigenvalue weighted by Crippen LogP contribution is 2.27. The maximum atomic E-state index is 13.3. The zero-order valence-electron chi connectivity index (χ0n) is 22.7. The summed E-state index contributed by atoms with van der Waals surface area (Å²) in [7, 11) is 1.62. The highest BCUT2D eigenvalue weighted by molar-refractivity contribution is 14.1. The Morgan fingerprint density at radius 2 is 1.75 bits per heavy atom. The standard InChI is InChI=1S/C32H31ClIN3O3/c1-21-19-37(20-35-21)29-15-6-23(18-30(29)40-3)17-27(5-4-16-33)32(39)36-22(2)24-7-9-25(10-8-24)31(38)26-11-13-28(34)14-12-26/h6-15,17-20,22H,4-5,16H2,1-3H3,(H,36,39)/b27-17+. The number of carbonyl (C=O) groups excluding carboxylic acids is 2. The fourth-order valence-corrected chi connectivity index (χ4v) is 4.82. The van der Waals surface area contributed by atoms with Crippen LogP contribution in [0.4, 0.5) is 0 Å². The summed E-state index contributed by atoms with van der Waals surface area (Å²) in [5.74, 6) is 0.940. The summed E-state index contributed by atoms with van der Waals surface area (Å²) in [6.45, 7) is 3.86. The molecule has 0 aliphatic rings. The van der Waals surface area contributed by atoms with Crippen molar-refractivity contribution in [3.8, 4) is 11.4 Å². The lowest BCUT2D eigenvalue weighted by Crippen LogP contribution is -2.28. The monoisotopic (exact) mass is 667 g/mol. The fourth-order valence-electron chi connectivity index (χ4n) is 4.32. The molecule has 3 aromatic carbocycles. The van der Waals surface area contributed by atoms with Crippen LogP contribution >= 0.6 is 34.2 Å². The zero-order valence-corrected chi connectivity index (χ0v) is 25.6. The molecular weight excluding hydrogens is 637 g/mol. The molecule has 1 unspecified atom stereocenters. The molecule has 0 aliphatic heterocycles. The van der Waals surface area contributed by atoms with E-state index in [1.54, 1.807) is 25.6 Å². The topological polar surface area (TPSA) is 73.2 Å². The molecule has 8 heteroatoms. The van der Waals surface area contributed by atoms with E-state index in [4.69, 9.17) is 16.3 Å². The number of aryl methyl sites for hydroxylation is 1. The van der Waals surface area contributed by atoms with Crippen molar-refractivity contribution in [2.24, 2.45) is 0 Å². The normalized spacial score (nSPS) is 12.2. The number of ketones is 1. The second-order valence-corrected chi connectivity index (χ2v) is 11.1. The predicted molar refractivity (Wildman–Crippen MR) is 168 cm³/mol. The summed E-state index contributed by atoms with van der Waals surface area (Å²) in [6.07, 6.45) is 6.76. The highest BCUT2D eigenvalue weighted by atomic mass is 127. The Labute approximate surface area is 253 Å². The van der Waals surface area contributed by atoms with Crippen molar-refractivity contribution in [1.29, 1.82) is 0 Å². The van der Waals surface area contributed by atoms with Crippen molar-refractivity contribution in [2.45, 2.75) is 32.7 Å². The van der Waals surface area contributed by atoms with E-state index in [9.17, 15) is 9.59 Å². The number of nitrogens with one attached hydrogen (secondary N) is 1. The minimum absolute atomic E-state index is 0.0319. The van der Waals surface area contributed by atoms with Crippen molar-refractivity contribution in [3.05, 3.63) is 116 Å². The van der Waals surface area contributed by atoms with Crippen LogP contribution in [-0.2, 0) is 4.79 Å². The van der Waals surface area contributed by atoms with Crippen molar-refractivity contribution >= 4 is 52.0 Å². The molecule has 0 saturated carbocycles. The first kappa shape index (κ1) is 29.6. The second kappa shape index (κ2) is 13.8. The molecule has 0 radical (unpaired) electrons. The van der Waals surface area contributed by atoms with Crippen molar-refractivity contribution in [1.82, 2.24) is 14.9 Å². The fraction of sp³-hybridized carbons (Fsp3) is 0.219. The molecule has 1 N–H and O–H groups in total. The average molecular weight is 668 g/mol. The number of halogens is 2. The molecule has 0 bridgehead atoms. The van der Waals surface area contributed by atoms with Crippen LogP contribution in [0.3, 0.4) is 0 Å². The van der Waals surface area contributed by atoms with Crippen LogP contribution in [-0.4, -0.2) is 34.2 Å². The number of hydrogen-bond acceptors (Lipinski definition) is 4. The van der Waals surface area contributed by atoms with Gasteiger partial charge in [-0.25, -0.2) is 4.98 Å². The Hall–Kier alpha value is -3.43. The third kappa shape index (κ3) is 7.40. The van der Waals surface area contributed by atoms with Crippen LogP contribution in [0.2, 0.25) is 0 Å². The molecule has 0 aliphatic carbocycles. The van der Waals surface area contributed by atoms with Crippen LogP contribution < -0.4 is 10.1 Å². The minimum Gasteiger partial charge on any atom is -0.495 e.